The molecular weight excluding hydrogens is 367 g/mol. The number of nitrogens with one attached hydrogen (secondary N) is 2. The molecule has 0 saturated carbocycles. The summed E-state index contributed by atoms with van der Waals surface area (Å²) in [6, 6.07) is 7.27. The van der Waals surface area contributed by atoms with Crippen LogP contribution in [0.1, 0.15) is 34.2 Å². The highest BCUT2D eigenvalue weighted by Crippen LogP contribution is 2.23. The Hall–Kier alpha value is -3.00. The Labute approximate surface area is 160 Å². The molecule has 0 spiro atoms. The summed E-state index contributed by atoms with van der Waals surface area (Å²) in [6.07, 6.45) is 3.40. The van der Waals surface area contributed by atoms with Crippen molar-refractivity contribution in [2.75, 3.05) is 6.54 Å². The normalized spacial score (nSPS) is 11.8. The van der Waals surface area contributed by atoms with Crippen molar-refractivity contribution in [2.24, 2.45) is 7.05 Å². The summed E-state index contributed by atoms with van der Waals surface area (Å²) < 4.78 is 16.0. The third kappa shape index (κ3) is 4.59. The Morgan fingerprint density at radius 2 is 2.11 bits per heavy atom. The molecular formula is C19H19FN4O2S. The van der Waals surface area contributed by atoms with Gasteiger partial charge in [0.15, 0.2) is 0 Å². The molecule has 2 amide bonds. The van der Waals surface area contributed by atoms with E-state index in [1.54, 1.807) is 53.7 Å². The van der Waals surface area contributed by atoms with Crippen molar-refractivity contribution in [1.29, 1.82) is 0 Å². The highest BCUT2D eigenvalue weighted by Gasteiger charge is 2.23. The first-order valence-electron chi connectivity index (χ1n) is 8.37. The van der Waals surface area contributed by atoms with Crippen molar-refractivity contribution in [3.63, 3.8) is 0 Å². The number of benzene rings is 1. The number of amides is 2. The number of aromatic nitrogens is 2. The van der Waals surface area contributed by atoms with Crippen molar-refractivity contribution >= 4 is 23.2 Å². The first-order valence-corrected chi connectivity index (χ1v) is 9.32. The zero-order valence-corrected chi connectivity index (χ0v) is 15.5. The molecule has 0 radical (unpaired) electrons. The minimum absolute atomic E-state index is 0.0747. The number of carbonyl (C=O) groups is 2. The first kappa shape index (κ1) is 18.8. The van der Waals surface area contributed by atoms with E-state index < -0.39 is 11.9 Å². The molecule has 2 aromatic heterocycles. The number of carbonyl (C=O) groups excluding carboxylic acids is 2. The molecule has 1 aromatic carbocycles. The van der Waals surface area contributed by atoms with Crippen LogP contribution in [0.2, 0.25) is 0 Å². The Morgan fingerprint density at radius 1 is 1.30 bits per heavy atom. The van der Waals surface area contributed by atoms with E-state index in [0.29, 0.717) is 17.0 Å². The minimum Gasteiger partial charge on any atom is -0.351 e. The lowest BCUT2D eigenvalue weighted by molar-refractivity contribution is -0.121. The van der Waals surface area contributed by atoms with Gasteiger partial charge in [-0.3, -0.25) is 9.59 Å². The summed E-state index contributed by atoms with van der Waals surface area (Å²) in [6.45, 7) is 0.186. The Morgan fingerprint density at radius 3 is 2.78 bits per heavy atom. The number of aryl methyl sites for hydroxylation is 1. The quantitative estimate of drug-likeness (QED) is 0.655. The topological polar surface area (TPSA) is 76.0 Å². The Bertz CT molecular complexity index is 923. The second-order valence-corrected chi connectivity index (χ2v) is 6.72. The molecule has 0 aliphatic carbocycles. The van der Waals surface area contributed by atoms with E-state index in [1.807, 2.05) is 5.38 Å². The third-order valence-electron chi connectivity index (χ3n) is 4.06. The molecule has 0 bridgehead atoms. The summed E-state index contributed by atoms with van der Waals surface area (Å²) in [7, 11) is 1.78. The van der Waals surface area contributed by atoms with Gasteiger partial charge in [0.25, 0.3) is 5.91 Å². The summed E-state index contributed by atoms with van der Waals surface area (Å²) in [4.78, 5) is 28.5. The van der Waals surface area contributed by atoms with Crippen LogP contribution in [0.4, 0.5) is 4.39 Å². The molecule has 2 N–H and O–H groups in total. The SMILES string of the molecule is Cn1ccnc1[C@@H](NC(=O)CCNC(=O)c1ccsc1)c1ccccc1F. The smallest absolute Gasteiger partial charge is 0.252 e. The van der Waals surface area contributed by atoms with Crippen molar-refractivity contribution in [2.45, 2.75) is 12.5 Å². The Balaban J connectivity index is 1.66. The van der Waals surface area contributed by atoms with Gasteiger partial charge in [-0.1, -0.05) is 18.2 Å². The van der Waals surface area contributed by atoms with Gasteiger partial charge < -0.3 is 15.2 Å². The van der Waals surface area contributed by atoms with Gasteiger partial charge in [0.1, 0.15) is 17.7 Å². The summed E-state index contributed by atoms with van der Waals surface area (Å²) in [5.41, 5.74) is 0.903. The number of hydrogen-bond donors (Lipinski definition) is 2. The van der Waals surface area contributed by atoms with E-state index in [2.05, 4.69) is 15.6 Å². The predicted octanol–water partition coefficient (Wildman–Crippen LogP) is 2.65. The largest absolute Gasteiger partial charge is 0.351 e. The maximum absolute atomic E-state index is 14.3. The lowest BCUT2D eigenvalue weighted by atomic mass is 10.1. The van der Waals surface area contributed by atoms with E-state index in [0.717, 1.165) is 0 Å². The number of rotatable bonds is 7. The van der Waals surface area contributed by atoms with Crippen LogP contribution in [0.25, 0.3) is 0 Å². The van der Waals surface area contributed by atoms with Crippen LogP contribution < -0.4 is 10.6 Å². The third-order valence-corrected chi connectivity index (χ3v) is 4.74. The van der Waals surface area contributed by atoms with Crippen LogP contribution in [0.5, 0.6) is 0 Å². The molecule has 8 heteroatoms. The van der Waals surface area contributed by atoms with Crippen LogP contribution in [-0.4, -0.2) is 27.9 Å². The zero-order chi connectivity index (χ0) is 19.2. The fourth-order valence-corrected chi connectivity index (χ4v) is 3.30. The molecule has 1 atom stereocenters. The molecule has 6 nitrogen and oxygen atoms in total. The van der Waals surface area contributed by atoms with E-state index in [4.69, 9.17) is 0 Å². The molecule has 2 heterocycles. The van der Waals surface area contributed by atoms with Crippen molar-refractivity contribution < 1.29 is 14.0 Å². The monoisotopic (exact) mass is 386 g/mol. The standard InChI is InChI=1S/C19H19FN4O2S/c1-24-10-9-21-18(24)17(14-4-2-3-5-15(14)20)23-16(25)6-8-22-19(26)13-7-11-27-12-13/h2-5,7,9-12,17H,6,8H2,1H3,(H,22,26)(H,23,25)/t17-/m0/s1. The van der Waals surface area contributed by atoms with Gasteiger partial charge in [-0.05, 0) is 17.5 Å². The van der Waals surface area contributed by atoms with E-state index >= 15 is 0 Å². The van der Waals surface area contributed by atoms with Gasteiger partial charge in [0.05, 0.1) is 0 Å². The van der Waals surface area contributed by atoms with Gasteiger partial charge >= 0.3 is 0 Å². The number of thiophene rings is 1. The number of imidazole rings is 1. The fourth-order valence-electron chi connectivity index (χ4n) is 2.66. The average Bonchev–Trinajstić information content (AvgIpc) is 3.32. The fraction of sp³-hybridized carbons (Fsp3) is 0.211. The van der Waals surface area contributed by atoms with Crippen molar-refractivity contribution in [1.82, 2.24) is 20.2 Å². The second kappa shape index (κ2) is 8.59. The number of hydrogen-bond acceptors (Lipinski definition) is 4. The van der Waals surface area contributed by atoms with Gasteiger partial charge in [0, 0.05) is 48.9 Å². The maximum atomic E-state index is 14.3. The van der Waals surface area contributed by atoms with Crippen molar-refractivity contribution in [3.05, 3.63) is 76.3 Å². The molecule has 3 aromatic rings. The van der Waals surface area contributed by atoms with E-state index in [1.165, 1.54) is 17.4 Å². The van der Waals surface area contributed by atoms with Gasteiger partial charge in [-0.25, -0.2) is 9.37 Å². The molecule has 3 rings (SSSR count). The van der Waals surface area contributed by atoms with Crippen LogP contribution in [0.15, 0.2) is 53.5 Å². The second-order valence-electron chi connectivity index (χ2n) is 5.94. The average molecular weight is 386 g/mol. The number of halogens is 1. The van der Waals surface area contributed by atoms with Gasteiger partial charge in [-0.2, -0.15) is 11.3 Å². The highest BCUT2D eigenvalue weighted by molar-refractivity contribution is 7.08. The summed E-state index contributed by atoms with van der Waals surface area (Å²) >= 11 is 1.43. The molecule has 0 unspecified atom stereocenters. The summed E-state index contributed by atoms with van der Waals surface area (Å²) in [5.74, 6) is -0.428. The lowest BCUT2D eigenvalue weighted by Gasteiger charge is -2.19. The van der Waals surface area contributed by atoms with E-state index in [-0.39, 0.29) is 24.8 Å². The van der Waals surface area contributed by atoms with Gasteiger partial charge in [-0.15, -0.1) is 0 Å². The van der Waals surface area contributed by atoms with Crippen LogP contribution in [-0.2, 0) is 11.8 Å². The molecule has 140 valence electrons. The molecule has 27 heavy (non-hydrogen) atoms. The van der Waals surface area contributed by atoms with Gasteiger partial charge in [0.2, 0.25) is 5.91 Å². The first-order chi connectivity index (χ1) is 13.1. The predicted molar refractivity (Wildman–Crippen MR) is 101 cm³/mol. The van der Waals surface area contributed by atoms with Crippen LogP contribution >= 0.6 is 11.3 Å². The van der Waals surface area contributed by atoms with Crippen molar-refractivity contribution in [3.8, 4) is 0 Å². The molecule has 0 aliphatic heterocycles. The lowest BCUT2D eigenvalue weighted by Crippen LogP contribution is -2.34. The zero-order valence-electron chi connectivity index (χ0n) is 14.7. The summed E-state index contributed by atoms with van der Waals surface area (Å²) in [5, 5.41) is 9.07. The molecule has 0 saturated heterocycles. The van der Waals surface area contributed by atoms with Crippen LogP contribution in [0, 0.1) is 5.82 Å². The minimum atomic E-state index is -0.716. The maximum Gasteiger partial charge on any atom is 0.252 e. The Kier molecular flexibility index (Phi) is 5.97. The molecule has 0 aliphatic rings. The van der Waals surface area contributed by atoms with Crippen LogP contribution in [0.3, 0.4) is 0 Å². The molecule has 0 fully saturated rings. The highest BCUT2D eigenvalue weighted by atomic mass is 32.1. The number of nitrogens with zero attached hydrogens (tertiary/aromatic N) is 2. The van der Waals surface area contributed by atoms with E-state index in [9.17, 15) is 14.0 Å².